The van der Waals surface area contributed by atoms with Gasteiger partial charge in [-0.05, 0) is 44.6 Å². The predicted octanol–water partition coefficient (Wildman–Crippen LogP) is 2.44. The van der Waals surface area contributed by atoms with Gasteiger partial charge < -0.3 is 40.4 Å². The van der Waals surface area contributed by atoms with Crippen molar-refractivity contribution in [1.29, 1.82) is 0 Å². The monoisotopic (exact) mass is 703 g/mol. The summed E-state index contributed by atoms with van der Waals surface area (Å²) in [5, 5.41) is 5.58. The summed E-state index contributed by atoms with van der Waals surface area (Å²) in [4.78, 5) is 69.8. The first-order valence-corrected chi connectivity index (χ1v) is 17.7. The second kappa shape index (κ2) is 19.7. The second-order valence-corrected chi connectivity index (χ2v) is 13.8. The van der Waals surface area contributed by atoms with Crippen LogP contribution in [0.3, 0.4) is 0 Å². The first-order valence-electron chi connectivity index (χ1n) is 17.7. The summed E-state index contributed by atoms with van der Waals surface area (Å²) in [5.41, 5.74) is 5.86. The van der Waals surface area contributed by atoms with E-state index < -0.39 is 59.7 Å². The van der Waals surface area contributed by atoms with Crippen LogP contribution in [0.15, 0.2) is 30.3 Å². The minimum atomic E-state index is -1.11. The van der Waals surface area contributed by atoms with Crippen molar-refractivity contribution < 1.29 is 38.2 Å². The number of ether oxygens (including phenoxy) is 3. The second-order valence-electron chi connectivity index (χ2n) is 13.8. The number of hydrogen-bond donors (Lipinski definition) is 3. The van der Waals surface area contributed by atoms with Crippen LogP contribution >= 0.6 is 0 Å². The lowest BCUT2D eigenvalue weighted by Gasteiger charge is -2.40. The van der Waals surface area contributed by atoms with E-state index in [1.54, 1.807) is 44.5 Å². The van der Waals surface area contributed by atoms with Crippen molar-refractivity contribution in [1.82, 2.24) is 20.4 Å². The van der Waals surface area contributed by atoms with Crippen LogP contribution in [0.2, 0.25) is 0 Å². The Labute approximate surface area is 298 Å². The van der Waals surface area contributed by atoms with E-state index in [-0.39, 0.29) is 36.5 Å². The van der Waals surface area contributed by atoms with Crippen molar-refractivity contribution in [3.8, 4) is 0 Å². The molecule has 13 nitrogen and oxygen atoms in total. The van der Waals surface area contributed by atoms with Crippen LogP contribution < -0.4 is 16.4 Å². The van der Waals surface area contributed by atoms with Crippen LogP contribution in [0.25, 0.3) is 0 Å². The normalized spacial score (nSPS) is 19.9. The maximum absolute atomic E-state index is 14.0. The van der Waals surface area contributed by atoms with Gasteiger partial charge in [-0.25, -0.2) is 4.79 Å². The van der Waals surface area contributed by atoms with Crippen LogP contribution in [-0.4, -0.2) is 116 Å². The fraction of sp³-hybridized carbons (Fsp3) is 0.703. The molecule has 1 aromatic carbocycles. The number of hydrogen-bond acceptors (Lipinski definition) is 9. The van der Waals surface area contributed by atoms with Gasteiger partial charge in [-0.1, -0.05) is 64.4 Å². The zero-order chi connectivity index (χ0) is 37.8. The molecule has 4 N–H and O–H groups in total. The molecule has 9 atom stereocenters. The van der Waals surface area contributed by atoms with Gasteiger partial charge >= 0.3 is 5.97 Å². The van der Waals surface area contributed by atoms with E-state index in [0.29, 0.717) is 19.4 Å². The first-order chi connectivity index (χ1) is 23.6. The van der Waals surface area contributed by atoms with Gasteiger partial charge in [0.15, 0.2) is 0 Å². The van der Waals surface area contributed by atoms with Crippen LogP contribution in [0.4, 0.5) is 0 Å². The van der Waals surface area contributed by atoms with Crippen molar-refractivity contribution in [2.45, 2.75) is 122 Å². The molecule has 1 aliphatic heterocycles. The van der Waals surface area contributed by atoms with E-state index in [2.05, 4.69) is 10.6 Å². The molecule has 13 heteroatoms. The number of likely N-dealkylation sites (tertiary alicyclic amines) is 1. The Bertz CT molecular complexity index is 1280. The van der Waals surface area contributed by atoms with E-state index in [1.165, 1.54) is 21.3 Å². The van der Waals surface area contributed by atoms with Gasteiger partial charge in [0, 0.05) is 34.2 Å². The Morgan fingerprint density at radius 3 is 2.20 bits per heavy atom. The van der Waals surface area contributed by atoms with Gasteiger partial charge in [-0.3, -0.25) is 19.2 Å². The average molecular weight is 704 g/mol. The number of esters is 1. The van der Waals surface area contributed by atoms with Gasteiger partial charge in [0.2, 0.25) is 23.6 Å². The highest BCUT2D eigenvalue weighted by atomic mass is 16.5. The van der Waals surface area contributed by atoms with Crippen LogP contribution in [0, 0.1) is 11.8 Å². The zero-order valence-electron chi connectivity index (χ0n) is 31.7. The maximum Gasteiger partial charge on any atom is 0.328 e. The van der Waals surface area contributed by atoms with Crippen molar-refractivity contribution in [3.63, 3.8) is 0 Å². The number of nitrogens with zero attached hydrogens (tertiary/aromatic N) is 2. The van der Waals surface area contributed by atoms with Gasteiger partial charge in [0.25, 0.3) is 0 Å². The van der Waals surface area contributed by atoms with Gasteiger partial charge in [0.1, 0.15) is 12.1 Å². The van der Waals surface area contributed by atoms with Gasteiger partial charge in [-0.15, -0.1) is 0 Å². The fourth-order valence-corrected chi connectivity index (χ4v) is 6.68. The molecule has 282 valence electrons. The molecule has 1 fully saturated rings. The maximum atomic E-state index is 14.0. The lowest BCUT2D eigenvalue weighted by molar-refractivity contribution is -0.148. The van der Waals surface area contributed by atoms with Crippen LogP contribution in [-0.2, 0) is 44.6 Å². The molecule has 1 aromatic rings. The number of likely N-dealkylation sites (N-methyl/N-ethyl adjacent to an activating group) is 1. The minimum absolute atomic E-state index is 0.00439. The van der Waals surface area contributed by atoms with Crippen molar-refractivity contribution >= 4 is 29.6 Å². The highest BCUT2D eigenvalue weighted by Crippen LogP contribution is 2.29. The number of carbonyl (C=O) groups excluding carboxylic acids is 5. The molecule has 1 heterocycles. The first kappa shape index (κ1) is 42.6. The summed E-state index contributed by atoms with van der Waals surface area (Å²) in [7, 11) is 5.99. The molecule has 0 spiro atoms. The van der Waals surface area contributed by atoms with E-state index in [4.69, 9.17) is 19.9 Å². The third-order valence-electron chi connectivity index (χ3n) is 10.3. The Kier molecular flexibility index (Phi) is 16.8. The molecule has 1 saturated heterocycles. The number of methoxy groups -OCH3 is 3. The van der Waals surface area contributed by atoms with Crippen LogP contribution in [0.5, 0.6) is 0 Å². The average Bonchev–Trinajstić information content (AvgIpc) is 3.60. The van der Waals surface area contributed by atoms with Crippen molar-refractivity contribution in [2.75, 3.05) is 34.9 Å². The van der Waals surface area contributed by atoms with Crippen molar-refractivity contribution in [3.05, 3.63) is 35.9 Å². The number of rotatable bonds is 19. The van der Waals surface area contributed by atoms with Crippen molar-refractivity contribution in [2.24, 2.45) is 17.6 Å². The Morgan fingerprint density at radius 2 is 1.66 bits per heavy atom. The summed E-state index contributed by atoms with van der Waals surface area (Å²) < 4.78 is 16.8. The van der Waals surface area contributed by atoms with E-state index in [0.717, 1.165) is 18.4 Å². The lowest BCUT2D eigenvalue weighted by Crippen LogP contribution is -2.59. The predicted molar refractivity (Wildman–Crippen MR) is 191 cm³/mol. The smallest absolute Gasteiger partial charge is 0.328 e. The third-order valence-corrected chi connectivity index (χ3v) is 10.3. The molecule has 0 unspecified atom stereocenters. The largest absolute Gasteiger partial charge is 0.467 e. The summed E-state index contributed by atoms with van der Waals surface area (Å²) in [6, 6.07) is 6.75. The van der Waals surface area contributed by atoms with E-state index in [9.17, 15) is 24.0 Å². The number of nitrogens with two attached hydrogens (primary N) is 1. The summed E-state index contributed by atoms with van der Waals surface area (Å²) in [6.07, 6.45) is 1.45. The molecule has 2 rings (SSSR count). The van der Waals surface area contributed by atoms with E-state index in [1.807, 2.05) is 44.2 Å². The molecule has 0 saturated carbocycles. The molecule has 4 amide bonds. The molecule has 50 heavy (non-hydrogen) atoms. The number of benzene rings is 1. The summed E-state index contributed by atoms with van der Waals surface area (Å²) in [6.45, 7) is 11.3. The SMILES string of the molecule is CC[C@H](C)[C@@H]([C@@H](CC(=O)N1CCC[C@H]1[C@H](OC)[C@@H](C)C(=O)N[C@@H](Cc1ccccc1)C(=O)OC)OC)N(C)C(=O)[C@H](C)NC(=O)[C@](C)(N)CC. The third kappa shape index (κ3) is 11.0. The Hall–Kier alpha value is -3.55. The van der Waals surface area contributed by atoms with Gasteiger partial charge in [-0.2, -0.15) is 0 Å². The Morgan fingerprint density at radius 1 is 1.02 bits per heavy atom. The standard InChI is InChI=1S/C37H61N5O8/c1-11-23(3)31(41(7)34(45)25(5)39-36(47)37(6,38)12-2)29(48-8)22-30(43)42-20-16-19-28(42)32(49-9)24(4)33(44)40-27(35(46)50-10)21-26-17-14-13-15-18-26/h13-15,17-18,23-25,27-29,31-32H,11-12,16,19-22,38H2,1-10H3,(H,39,47)(H,40,44)/t23-,24+,25-,27-,28-,29+,31-,32+,37+/m0/s1. The molecular weight excluding hydrogens is 642 g/mol. The molecular formula is C37H61N5O8. The minimum Gasteiger partial charge on any atom is -0.467 e. The number of amides is 4. The summed E-state index contributed by atoms with van der Waals surface area (Å²) in [5.74, 6) is -2.59. The highest BCUT2D eigenvalue weighted by molar-refractivity contribution is 5.91. The van der Waals surface area contributed by atoms with Gasteiger partial charge in [0.05, 0.1) is 49.3 Å². The lowest BCUT2D eigenvalue weighted by atomic mass is 9.90. The van der Waals surface area contributed by atoms with Crippen LogP contribution in [0.1, 0.15) is 79.2 Å². The molecule has 0 aromatic heterocycles. The molecule has 1 aliphatic rings. The summed E-state index contributed by atoms with van der Waals surface area (Å²) >= 11 is 0. The topological polar surface area (TPSA) is 170 Å². The highest BCUT2D eigenvalue weighted by Gasteiger charge is 2.43. The Balaban J connectivity index is 2.22. The molecule has 0 radical (unpaired) electrons. The van der Waals surface area contributed by atoms with E-state index >= 15 is 0 Å². The number of carbonyl (C=O) groups is 5. The fourth-order valence-electron chi connectivity index (χ4n) is 6.68. The quantitative estimate of drug-likeness (QED) is 0.183. The molecule has 0 aliphatic carbocycles. The number of nitrogens with one attached hydrogen (secondary N) is 2. The molecule has 0 bridgehead atoms. The zero-order valence-corrected chi connectivity index (χ0v) is 31.7.